The van der Waals surface area contributed by atoms with Gasteiger partial charge >= 0.3 is 0 Å². The van der Waals surface area contributed by atoms with Crippen LogP contribution in [0.15, 0.2) is 30.3 Å². The van der Waals surface area contributed by atoms with Crippen molar-refractivity contribution < 1.29 is 14.6 Å². The van der Waals surface area contributed by atoms with Gasteiger partial charge in [-0.25, -0.2) is 9.67 Å². The third kappa shape index (κ3) is 7.59. The van der Waals surface area contributed by atoms with Crippen LogP contribution in [0.5, 0.6) is 0 Å². The number of carboxylic acids is 1. The number of carboxylic acid groups (broad SMARTS) is 1. The Kier molecular flexibility index (Phi) is 9.28. The van der Waals surface area contributed by atoms with E-state index in [-0.39, 0.29) is 12.1 Å². The second-order valence-electron chi connectivity index (χ2n) is 7.58. The lowest BCUT2D eigenvalue weighted by Gasteiger charge is -2.33. The second kappa shape index (κ2) is 11.7. The highest BCUT2D eigenvalue weighted by atomic mass is 16.5. The molecule has 1 aromatic heterocycles. The van der Waals surface area contributed by atoms with Gasteiger partial charge in [0.05, 0.1) is 6.10 Å². The molecule has 1 fully saturated rings. The van der Waals surface area contributed by atoms with E-state index in [1.807, 2.05) is 6.92 Å². The van der Waals surface area contributed by atoms with E-state index in [2.05, 4.69) is 47.0 Å². The molecule has 0 bridgehead atoms. The lowest BCUT2D eigenvalue weighted by molar-refractivity contribution is -0.134. The molecule has 0 radical (unpaired) electrons. The average Bonchev–Trinajstić information content (AvgIpc) is 3.07. The van der Waals surface area contributed by atoms with Gasteiger partial charge in [-0.05, 0) is 44.6 Å². The molecule has 0 spiro atoms. The summed E-state index contributed by atoms with van der Waals surface area (Å²) in [6.45, 7) is 6.84. The molecule has 0 unspecified atom stereocenters. The van der Waals surface area contributed by atoms with Gasteiger partial charge in [-0.15, -0.1) is 0 Å². The van der Waals surface area contributed by atoms with Gasteiger partial charge < -0.3 is 15.6 Å². The van der Waals surface area contributed by atoms with Crippen LogP contribution in [-0.2, 0) is 22.5 Å². The largest absolute Gasteiger partial charge is 0.481 e. The van der Waals surface area contributed by atoms with Gasteiger partial charge in [0.15, 0.2) is 0 Å². The van der Waals surface area contributed by atoms with E-state index in [9.17, 15) is 0 Å². The first-order valence-electron chi connectivity index (χ1n) is 10.4. The van der Waals surface area contributed by atoms with Gasteiger partial charge in [-0.1, -0.05) is 37.3 Å². The van der Waals surface area contributed by atoms with Crippen molar-refractivity contribution in [3.05, 3.63) is 47.5 Å². The zero-order valence-electron chi connectivity index (χ0n) is 17.8. The molecule has 1 aliphatic rings. The Morgan fingerprint density at radius 2 is 2.00 bits per heavy atom. The summed E-state index contributed by atoms with van der Waals surface area (Å²) in [5, 5.41) is 12.1. The van der Waals surface area contributed by atoms with E-state index in [1.165, 1.54) is 5.56 Å². The molecule has 3 N–H and O–H groups in total. The maximum absolute atomic E-state index is 9.00. The summed E-state index contributed by atoms with van der Waals surface area (Å²) in [7, 11) is 0. The predicted molar refractivity (Wildman–Crippen MR) is 113 cm³/mol. The van der Waals surface area contributed by atoms with Crippen LogP contribution in [0.4, 0.5) is 0 Å². The first-order valence-corrected chi connectivity index (χ1v) is 10.4. The van der Waals surface area contributed by atoms with E-state index in [0.717, 1.165) is 63.8 Å². The number of nitrogens with two attached hydrogens (primary N) is 1. The lowest BCUT2D eigenvalue weighted by Crippen LogP contribution is -2.42. The number of aromatic nitrogens is 3. The Bertz CT molecular complexity index is 744. The smallest absolute Gasteiger partial charge is 0.300 e. The van der Waals surface area contributed by atoms with Gasteiger partial charge in [0.2, 0.25) is 0 Å². The Morgan fingerprint density at radius 3 is 2.66 bits per heavy atom. The quantitative estimate of drug-likeness (QED) is 0.736. The summed E-state index contributed by atoms with van der Waals surface area (Å²) in [5.41, 5.74) is 7.60. The van der Waals surface area contributed by atoms with E-state index in [4.69, 9.17) is 25.4 Å². The van der Waals surface area contributed by atoms with E-state index >= 15 is 0 Å². The molecule has 3 atom stereocenters. The Hall–Kier alpha value is -2.25. The van der Waals surface area contributed by atoms with Gasteiger partial charge in [0.25, 0.3) is 5.97 Å². The maximum atomic E-state index is 9.00. The van der Waals surface area contributed by atoms with Gasteiger partial charge in [0, 0.05) is 32.0 Å². The van der Waals surface area contributed by atoms with Crippen LogP contribution >= 0.6 is 0 Å². The van der Waals surface area contributed by atoms with Crippen LogP contribution in [0.3, 0.4) is 0 Å². The summed E-state index contributed by atoms with van der Waals surface area (Å²) < 4.78 is 8.09. The highest BCUT2D eigenvalue weighted by Crippen LogP contribution is 2.33. The molecule has 0 amide bonds. The fraction of sp³-hybridized carbons (Fsp3) is 0.591. The summed E-state index contributed by atoms with van der Waals surface area (Å²) in [5.74, 6) is 1.51. The molecular weight excluding hydrogens is 368 g/mol. The van der Waals surface area contributed by atoms with Crippen LogP contribution in [-0.4, -0.2) is 44.6 Å². The molecule has 0 aliphatic heterocycles. The van der Waals surface area contributed by atoms with E-state index in [0.29, 0.717) is 5.92 Å². The third-order valence-electron chi connectivity index (χ3n) is 5.01. The number of rotatable bonds is 7. The zero-order chi connectivity index (χ0) is 21.2. The van der Waals surface area contributed by atoms with Crippen molar-refractivity contribution in [1.29, 1.82) is 0 Å². The van der Waals surface area contributed by atoms with Gasteiger partial charge in [-0.3, -0.25) is 4.79 Å². The van der Waals surface area contributed by atoms with Crippen LogP contribution < -0.4 is 5.73 Å². The molecule has 2 aromatic rings. The number of ether oxygens (including phenoxy) is 1. The minimum atomic E-state index is -0.833. The number of hydrogen-bond donors (Lipinski definition) is 2. The monoisotopic (exact) mass is 402 g/mol. The fourth-order valence-corrected chi connectivity index (χ4v) is 3.67. The number of nitrogens with zero attached hydrogens (tertiary/aromatic N) is 3. The van der Waals surface area contributed by atoms with E-state index in [1.54, 1.807) is 0 Å². The molecule has 0 saturated heterocycles. The predicted octanol–water partition coefficient (Wildman–Crippen LogP) is 3.31. The molecule has 1 aliphatic carbocycles. The van der Waals surface area contributed by atoms with Crippen LogP contribution in [0.1, 0.15) is 62.7 Å². The molecule has 3 rings (SSSR count). The van der Waals surface area contributed by atoms with Crippen molar-refractivity contribution in [2.45, 2.75) is 77.5 Å². The topological polar surface area (TPSA) is 103 Å². The lowest BCUT2D eigenvalue weighted by atomic mass is 9.83. The summed E-state index contributed by atoms with van der Waals surface area (Å²) in [4.78, 5) is 13.7. The van der Waals surface area contributed by atoms with Crippen molar-refractivity contribution in [3.8, 4) is 0 Å². The average molecular weight is 403 g/mol. The molecule has 7 heteroatoms. The molecule has 7 nitrogen and oxygen atoms in total. The highest BCUT2D eigenvalue weighted by molar-refractivity contribution is 5.62. The minimum Gasteiger partial charge on any atom is -0.481 e. The third-order valence-corrected chi connectivity index (χ3v) is 5.01. The maximum Gasteiger partial charge on any atom is 0.300 e. The first-order chi connectivity index (χ1) is 13.9. The Balaban J connectivity index is 0.000000687. The summed E-state index contributed by atoms with van der Waals surface area (Å²) in [6.07, 6.45) is 5.14. The van der Waals surface area contributed by atoms with Crippen LogP contribution in [0.2, 0.25) is 0 Å². The van der Waals surface area contributed by atoms with Crippen molar-refractivity contribution >= 4 is 5.97 Å². The Labute approximate surface area is 173 Å². The molecular formula is C22H34N4O3. The number of carbonyl (C=O) groups is 1. The number of hydrogen-bond acceptors (Lipinski definition) is 5. The van der Waals surface area contributed by atoms with E-state index < -0.39 is 5.97 Å². The second-order valence-corrected chi connectivity index (χ2v) is 7.58. The first kappa shape index (κ1) is 23.0. The molecule has 1 heterocycles. The van der Waals surface area contributed by atoms with Crippen LogP contribution in [0, 0.1) is 6.92 Å². The van der Waals surface area contributed by atoms with Crippen molar-refractivity contribution in [2.75, 3.05) is 6.61 Å². The van der Waals surface area contributed by atoms with Crippen molar-refractivity contribution in [2.24, 2.45) is 5.73 Å². The zero-order valence-corrected chi connectivity index (χ0v) is 17.8. The van der Waals surface area contributed by atoms with Gasteiger partial charge in [0.1, 0.15) is 11.6 Å². The van der Waals surface area contributed by atoms with Crippen molar-refractivity contribution in [1.82, 2.24) is 14.8 Å². The molecule has 1 aromatic carbocycles. The molecule has 160 valence electrons. The minimum absolute atomic E-state index is 0.137. The van der Waals surface area contributed by atoms with Crippen LogP contribution in [0.25, 0.3) is 0 Å². The SMILES string of the molecule is CC(=O)O.CCCO[C@H]1C[C@@H](c2nc(C)nn2CCc2ccccc2)CC[C@@H]1N. The summed E-state index contributed by atoms with van der Waals surface area (Å²) >= 11 is 0. The number of benzene rings is 1. The molecule has 1 saturated carbocycles. The fourth-order valence-electron chi connectivity index (χ4n) is 3.67. The van der Waals surface area contributed by atoms with Crippen molar-refractivity contribution in [3.63, 3.8) is 0 Å². The number of aryl methyl sites for hydroxylation is 3. The highest BCUT2D eigenvalue weighted by Gasteiger charge is 2.32. The standard InChI is InChI=1S/C20H30N4O.C2H4O2/c1-3-13-25-19-14-17(9-10-18(19)21)20-22-15(2)23-24(20)12-11-16-7-5-4-6-8-16;1-2(3)4/h4-8,17-19H,3,9-14,21H2,1-2H3;1H3,(H,3,4)/t17-,18-,19-;/m0./s1. The Morgan fingerprint density at radius 1 is 1.31 bits per heavy atom. The van der Waals surface area contributed by atoms with Gasteiger partial charge in [-0.2, -0.15) is 5.10 Å². The number of aliphatic carboxylic acids is 1. The summed E-state index contributed by atoms with van der Waals surface area (Å²) in [6, 6.07) is 10.7. The normalized spacial score (nSPS) is 21.3. The molecule has 29 heavy (non-hydrogen) atoms.